The van der Waals surface area contributed by atoms with Crippen LogP contribution in [-0.2, 0) is 0 Å². The monoisotopic (exact) mass is 361 g/mol. The summed E-state index contributed by atoms with van der Waals surface area (Å²) in [7, 11) is 0. The number of nitrogens with zero attached hydrogens (tertiary/aromatic N) is 3. The van der Waals surface area contributed by atoms with Crippen LogP contribution < -0.4 is 27.7 Å². The maximum atomic E-state index is 15.0. The second kappa shape index (κ2) is 5.84. The van der Waals surface area contributed by atoms with Crippen LogP contribution in [0.3, 0.4) is 0 Å². The molecule has 2 aromatic rings. The summed E-state index contributed by atoms with van der Waals surface area (Å²) < 4.78 is 17.2. The minimum atomic E-state index is -0.667. The van der Waals surface area contributed by atoms with Gasteiger partial charge in [0.2, 0.25) is 0 Å². The summed E-state index contributed by atoms with van der Waals surface area (Å²) in [6.45, 7) is 5.10. The molecule has 8 heteroatoms. The fraction of sp³-hybridized carbons (Fsp3) is 0.556. The fourth-order valence-electron chi connectivity index (χ4n) is 4.30. The molecule has 1 aliphatic heterocycles. The molecule has 1 saturated carbocycles. The Hall–Kier alpha value is -2.35. The van der Waals surface area contributed by atoms with Gasteiger partial charge >= 0.3 is 5.69 Å². The van der Waals surface area contributed by atoms with Crippen molar-refractivity contribution in [3.8, 4) is 0 Å². The summed E-state index contributed by atoms with van der Waals surface area (Å²) in [4.78, 5) is 27.0. The quantitative estimate of drug-likeness (QED) is 0.772. The van der Waals surface area contributed by atoms with Gasteiger partial charge in [0.15, 0.2) is 0 Å². The van der Waals surface area contributed by atoms with Crippen LogP contribution in [0, 0.1) is 18.7 Å². The van der Waals surface area contributed by atoms with Crippen molar-refractivity contribution in [2.45, 2.75) is 45.2 Å². The van der Waals surface area contributed by atoms with E-state index in [0.717, 1.165) is 19.3 Å². The number of hydrogen-bond donors (Lipinski definition) is 2. The smallest absolute Gasteiger partial charge is 0.350 e. The molecule has 1 aromatic carbocycles. The lowest BCUT2D eigenvalue weighted by atomic mass is 9.95. The van der Waals surface area contributed by atoms with Crippen molar-refractivity contribution in [3.63, 3.8) is 0 Å². The predicted molar refractivity (Wildman–Crippen MR) is 99.6 cm³/mol. The highest BCUT2D eigenvalue weighted by Gasteiger charge is 2.32. The van der Waals surface area contributed by atoms with Gasteiger partial charge in [-0.2, -0.15) is 4.68 Å². The Kier molecular flexibility index (Phi) is 3.83. The molecule has 1 aliphatic carbocycles. The minimum Gasteiger partial charge on any atom is -0.367 e. The molecule has 4 rings (SSSR count). The zero-order valence-electron chi connectivity index (χ0n) is 15.0. The van der Waals surface area contributed by atoms with Crippen molar-refractivity contribution in [2.24, 2.45) is 11.7 Å². The Bertz CT molecular complexity index is 998. The standard InChI is InChI=1S/C18H24FN5O2/c1-9-5-11(20)8-22(7-9)16-10(2)15-13(6-14(16)19)17(25)24(21)18(26)23(15)12-3-4-12/h6,9,11-12H,3-5,7-8,20-21H2,1-2H3/t9-,11-/m0/s1. The lowest BCUT2D eigenvalue weighted by molar-refractivity contribution is 0.398. The van der Waals surface area contributed by atoms with Crippen molar-refractivity contribution < 1.29 is 4.39 Å². The van der Waals surface area contributed by atoms with Gasteiger partial charge in [0.1, 0.15) is 5.82 Å². The van der Waals surface area contributed by atoms with Gasteiger partial charge in [-0.3, -0.25) is 9.36 Å². The maximum Gasteiger partial charge on any atom is 0.350 e. The van der Waals surface area contributed by atoms with Crippen LogP contribution in [0.1, 0.15) is 37.8 Å². The first kappa shape index (κ1) is 17.1. The molecule has 140 valence electrons. The molecule has 2 atom stereocenters. The van der Waals surface area contributed by atoms with E-state index in [1.165, 1.54) is 6.07 Å². The molecular weight excluding hydrogens is 337 g/mol. The highest BCUT2D eigenvalue weighted by molar-refractivity contribution is 5.87. The van der Waals surface area contributed by atoms with Crippen molar-refractivity contribution in [3.05, 3.63) is 38.3 Å². The Morgan fingerprint density at radius 2 is 1.92 bits per heavy atom. The number of halogens is 1. The molecule has 2 heterocycles. The first-order valence-corrected chi connectivity index (χ1v) is 9.05. The third-order valence-corrected chi connectivity index (χ3v) is 5.49. The van der Waals surface area contributed by atoms with Gasteiger partial charge in [-0.1, -0.05) is 6.92 Å². The van der Waals surface area contributed by atoms with E-state index in [9.17, 15) is 9.59 Å². The second-order valence-electron chi connectivity index (χ2n) is 7.79. The summed E-state index contributed by atoms with van der Waals surface area (Å²) in [5.74, 6) is 5.52. The number of aryl methyl sites for hydroxylation is 1. The first-order valence-electron chi connectivity index (χ1n) is 9.05. The first-order chi connectivity index (χ1) is 12.3. The molecule has 0 amide bonds. The zero-order chi connectivity index (χ0) is 18.7. The molecule has 4 N–H and O–H groups in total. The van der Waals surface area contributed by atoms with Crippen LogP contribution in [-0.4, -0.2) is 28.4 Å². The molecule has 0 spiro atoms. The molecule has 1 aromatic heterocycles. The highest BCUT2D eigenvalue weighted by atomic mass is 19.1. The van der Waals surface area contributed by atoms with E-state index in [-0.39, 0.29) is 17.5 Å². The third kappa shape index (κ3) is 2.51. The average Bonchev–Trinajstić information content (AvgIpc) is 3.38. The lowest BCUT2D eigenvalue weighted by Gasteiger charge is -2.37. The number of anilines is 1. The molecule has 26 heavy (non-hydrogen) atoms. The molecule has 7 nitrogen and oxygen atoms in total. The number of aromatic nitrogens is 2. The number of hydrogen-bond acceptors (Lipinski definition) is 5. The minimum absolute atomic E-state index is 0.0138. The van der Waals surface area contributed by atoms with Gasteiger partial charge < -0.3 is 16.5 Å². The number of benzene rings is 1. The Labute approximate surface area is 150 Å². The Balaban J connectivity index is 2.02. The number of fused-ring (bicyclic) bond motifs is 1. The van der Waals surface area contributed by atoms with Gasteiger partial charge in [0, 0.05) is 30.7 Å². The normalized spacial score (nSPS) is 23.6. The summed E-state index contributed by atoms with van der Waals surface area (Å²) >= 11 is 0. The summed E-state index contributed by atoms with van der Waals surface area (Å²) in [5, 5.41) is 0.145. The van der Waals surface area contributed by atoms with E-state index in [1.807, 2.05) is 4.90 Å². The number of nitrogens with two attached hydrogens (primary N) is 2. The van der Waals surface area contributed by atoms with Gasteiger partial charge in [0.05, 0.1) is 16.6 Å². The van der Waals surface area contributed by atoms with Gasteiger partial charge in [-0.15, -0.1) is 0 Å². The molecule has 0 bridgehead atoms. The third-order valence-electron chi connectivity index (χ3n) is 5.49. The van der Waals surface area contributed by atoms with E-state index in [2.05, 4.69) is 6.92 Å². The Morgan fingerprint density at radius 3 is 2.54 bits per heavy atom. The van der Waals surface area contributed by atoms with Crippen LogP contribution >= 0.6 is 0 Å². The van der Waals surface area contributed by atoms with Crippen LogP contribution in [0.2, 0.25) is 0 Å². The SMILES string of the molecule is Cc1c(N2C[C@@H](C)C[C@H](N)C2)c(F)cc2c(=O)n(N)c(=O)n(C3CC3)c12. The molecule has 0 unspecified atom stereocenters. The van der Waals surface area contributed by atoms with Gasteiger partial charge in [-0.05, 0) is 38.2 Å². The number of rotatable bonds is 2. The Morgan fingerprint density at radius 1 is 1.23 bits per heavy atom. The van der Waals surface area contributed by atoms with E-state index in [4.69, 9.17) is 11.6 Å². The van der Waals surface area contributed by atoms with Crippen molar-refractivity contribution in [2.75, 3.05) is 23.8 Å². The van der Waals surface area contributed by atoms with Crippen molar-refractivity contribution >= 4 is 16.6 Å². The summed E-state index contributed by atoms with van der Waals surface area (Å²) in [6.07, 6.45) is 2.60. The summed E-state index contributed by atoms with van der Waals surface area (Å²) in [6, 6.07) is 1.20. The van der Waals surface area contributed by atoms with Gasteiger partial charge in [0.25, 0.3) is 5.56 Å². The van der Waals surface area contributed by atoms with E-state index in [1.54, 1.807) is 11.5 Å². The summed E-state index contributed by atoms with van der Waals surface area (Å²) in [5.41, 5.74) is 6.44. The molecule has 2 fully saturated rings. The van der Waals surface area contributed by atoms with Gasteiger partial charge in [-0.25, -0.2) is 9.18 Å². The average molecular weight is 361 g/mol. The zero-order valence-corrected chi connectivity index (χ0v) is 15.0. The highest BCUT2D eigenvalue weighted by Crippen LogP contribution is 2.38. The maximum absolute atomic E-state index is 15.0. The topological polar surface area (TPSA) is 99.3 Å². The molecule has 0 radical (unpaired) electrons. The predicted octanol–water partition coefficient (Wildman–Crippen LogP) is 0.833. The van der Waals surface area contributed by atoms with Crippen molar-refractivity contribution in [1.82, 2.24) is 9.24 Å². The fourth-order valence-corrected chi connectivity index (χ4v) is 4.30. The van der Waals surface area contributed by atoms with E-state index < -0.39 is 17.1 Å². The lowest BCUT2D eigenvalue weighted by Crippen LogP contribution is -2.47. The largest absolute Gasteiger partial charge is 0.367 e. The van der Waals surface area contributed by atoms with E-state index >= 15 is 4.39 Å². The van der Waals surface area contributed by atoms with Crippen LogP contribution in [0.5, 0.6) is 0 Å². The number of piperidine rings is 1. The number of nitrogen functional groups attached to an aromatic ring is 1. The molecule has 2 aliphatic rings. The second-order valence-corrected chi connectivity index (χ2v) is 7.79. The molecular formula is C18H24FN5O2. The van der Waals surface area contributed by atoms with Crippen molar-refractivity contribution in [1.29, 1.82) is 0 Å². The van der Waals surface area contributed by atoms with Crippen LogP contribution in [0.4, 0.5) is 10.1 Å². The van der Waals surface area contributed by atoms with E-state index in [0.29, 0.717) is 40.5 Å². The van der Waals surface area contributed by atoms with Crippen LogP contribution in [0.15, 0.2) is 15.7 Å². The van der Waals surface area contributed by atoms with Crippen LogP contribution in [0.25, 0.3) is 10.9 Å². The molecule has 1 saturated heterocycles.